The van der Waals surface area contributed by atoms with Gasteiger partial charge in [0.15, 0.2) is 0 Å². The van der Waals surface area contributed by atoms with Gasteiger partial charge in [-0.2, -0.15) is 0 Å². The van der Waals surface area contributed by atoms with Crippen LogP contribution in [0.4, 0.5) is 0 Å². The first-order chi connectivity index (χ1) is 10.7. The number of ether oxygens (including phenoxy) is 2. The van der Waals surface area contributed by atoms with E-state index in [1.54, 1.807) is 14.2 Å². The van der Waals surface area contributed by atoms with Gasteiger partial charge in [-0.05, 0) is 41.8 Å². The maximum absolute atomic E-state index is 9.02. The van der Waals surface area contributed by atoms with E-state index in [2.05, 4.69) is 17.4 Å². The standard InChI is InChI=1S/C18H23NO3/c1-21-17-9-16(10-18(11-17)22-2)12-19-8-7-14-3-5-15(13-20)6-4-14/h3-6,9-11,19-20H,7-8,12-13H2,1-2H3. The first kappa shape index (κ1) is 16.3. The Morgan fingerprint density at radius 1 is 0.864 bits per heavy atom. The van der Waals surface area contributed by atoms with Crippen LogP contribution >= 0.6 is 0 Å². The zero-order valence-corrected chi connectivity index (χ0v) is 13.1. The van der Waals surface area contributed by atoms with Crippen LogP contribution in [0.2, 0.25) is 0 Å². The van der Waals surface area contributed by atoms with Crippen molar-refractivity contribution in [1.29, 1.82) is 0 Å². The third-order valence-electron chi connectivity index (χ3n) is 3.54. The molecule has 2 aromatic rings. The summed E-state index contributed by atoms with van der Waals surface area (Å²) in [6.07, 6.45) is 0.951. The van der Waals surface area contributed by atoms with Crippen molar-refractivity contribution < 1.29 is 14.6 Å². The van der Waals surface area contributed by atoms with Gasteiger partial charge in [0.1, 0.15) is 11.5 Å². The summed E-state index contributed by atoms with van der Waals surface area (Å²) >= 11 is 0. The van der Waals surface area contributed by atoms with Crippen LogP contribution in [0.15, 0.2) is 42.5 Å². The van der Waals surface area contributed by atoms with Gasteiger partial charge in [0.25, 0.3) is 0 Å². The fraction of sp³-hybridized carbons (Fsp3) is 0.333. The van der Waals surface area contributed by atoms with Gasteiger partial charge in [-0.3, -0.25) is 0 Å². The third kappa shape index (κ3) is 4.76. The number of benzene rings is 2. The minimum atomic E-state index is 0.0935. The zero-order chi connectivity index (χ0) is 15.8. The van der Waals surface area contributed by atoms with Crippen LogP contribution in [0.5, 0.6) is 11.5 Å². The Morgan fingerprint density at radius 2 is 1.45 bits per heavy atom. The molecule has 118 valence electrons. The Bertz CT molecular complexity index is 559. The molecule has 0 heterocycles. The van der Waals surface area contributed by atoms with Crippen molar-refractivity contribution in [3.8, 4) is 11.5 Å². The lowest BCUT2D eigenvalue weighted by molar-refractivity contribution is 0.282. The minimum Gasteiger partial charge on any atom is -0.497 e. The molecule has 0 atom stereocenters. The molecular formula is C18H23NO3. The summed E-state index contributed by atoms with van der Waals surface area (Å²) in [5.41, 5.74) is 3.33. The number of aliphatic hydroxyl groups excluding tert-OH is 1. The summed E-state index contributed by atoms with van der Waals surface area (Å²) < 4.78 is 10.5. The van der Waals surface area contributed by atoms with Gasteiger partial charge in [0.2, 0.25) is 0 Å². The van der Waals surface area contributed by atoms with Crippen molar-refractivity contribution in [3.63, 3.8) is 0 Å². The van der Waals surface area contributed by atoms with Gasteiger partial charge in [0.05, 0.1) is 20.8 Å². The van der Waals surface area contributed by atoms with Crippen LogP contribution in [-0.4, -0.2) is 25.9 Å². The molecule has 22 heavy (non-hydrogen) atoms. The van der Waals surface area contributed by atoms with Gasteiger partial charge < -0.3 is 19.9 Å². The second-order valence-corrected chi connectivity index (χ2v) is 5.12. The molecule has 0 amide bonds. The monoisotopic (exact) mass is 301 g/mol. The van der Waals surface area contributed by atoms with Gasteiger partial charge >= 0.3 is 0 Å². The smallest absolute Gasteiger partial charge is 0.122 e. The molecule has 2 N–H and O–H groups in total. The number of nitrogens with one attached hydrogen (secondary N) is 1. The Kier molecular flexibility index (Phi) is 6.25. The van der Waals surface area contributed by atoms with Crippen LogP contribution in [0, 0.1) is 0 Å². The Labute approximate surface area is 131 Å². The van der Waals surface area contributed by atoms with Crippen LogP contribution in [0.3, 0.4) is 0 Å². The van der Waals surface area contributed by atoms with Crippen LogP contribution in [-0.2, 0) is 19.6 Å². The second-order valence-electron chi connectivity index (χ2n) is 5.12. The highest BCUT2D eigenvalue weighted by atomic mass is 16.5. The largest absolute Gasteiger partial charge is 0.497 e. The van der Waals surface area contributed by atoms with E-state index in [0.29, 0.717) is 0 Å². The molecule has 4 heteroatoms. The molecule has 4 nitrogen and oxygen atoms in total. The summed E-state index contributed by atoms with van der Waals surface area (Å²) in [4.78, 5) is 0. The first-order valence-electron chi connectivity index (χ1n) is 7.36. The SMILES string of the molecule is COc1cc(CNCCc2ccc(CO)cc2)cc(OC)c1. The Balaban J connectivity index is 1.82. The Morgan fingerprint density at radius 3 is 2.00 bits per heavy atom. The normalized spacial score (nSPS) is 10.5. The second kappa shape index (κ2) is 8.41. The molecule has 2 rings (SSSR count). The minimum absolute atomic E-state index is 0.0935. The lowest BCUT2D eigenvalue weighted by atomic mass is 10.1. The van der Waals surface area contributed by atoms with E-state index in [4.69, 9.17) is 14.6 Å². The molecule has 0 saturated heterocycles. The topological polar surface area (TPSA) is 50.7 Å². The molecule has 0 aliphatic rings. The molecule has 0 aromatic heterocycles. The lowest BCUT2D eigenvalue weighted by Crippen LogP contribution is -2.16. The van der Waals surface area contributed by atoms with E-state index in [-0.39, 0.29) is 6.61 Å². The molecule has 0 unspecified atom stereocenters. The number of hydrogen-bond acceptors (Lipinski definition) is 4. The molecule has 0 fully saturated rings. The Hall–Kier alpha value is -2.04. The van der Waals surface area contributed by atoms with Crippen LogP contribution in [0.25, 0.3) is 0 Å². The summed E-state index contributed by atoms with van der Waals surface area (Å²) in [5.74, 6) is 1.60. The average Bonchev–Trinajstić information content (AvgIpc) is 2.58. The fourth-order valence-corrected chi connectivity index (χ4v) is 2.25. The summed E-state index contributed by atoms with van der Waals surface area (Å²) in [5, 5.41) is 12.4. The van der Waals surface area contributed by atoms with E-state index in [1.165, 1.54) is 5.56 Å². The van der Waals surface area contributed by atoms with E-state index < -0.39 is 0 Å². The van der Waals surface area contributed by atoms with Crippen LogP contribution in [0.1, 0.15) is 16.7 Å². The first-order valence-corrected chi connectivity index (χ1v) is 7.36. The highest BCUT2D eigenvalue weighted by Gasteiger charge is 2.02. The van der Waals surface area contributed by atoms with E-state index in [1.807, 2.05) is 30.3 Å². The number of methoxy groups -OCH3 is 2. The summed E-state index contributed by atoms with van der Waals surface area (Å²) in [7, 11) is 3.31. The molecule has 0 aliphatic heterocycles. The van der Waals surface area contributed by atoms with Crippen molar-refractivity contribution in [2.45, 2.75) is 19.6 Å². The summed E-state index contributed by atoms with van der Waals surface area (Å²) in [6, 6.07) is 13.9. The van der Waals surface area contributed by atoms with Gasteiger partial charge in [-0.1, -0.05) is 24.3 Å². The average molecular weight is 301 g/mol. The number of rotatable bonds is 8. The predicted octanol–water partition coefficient (Wildman–Crippen LogP) is 2.53. The van der Waals surface area contributed by atoms with Crippen molar-refractivity contribution in [3.05, 3.63) is 59.2 Å². The van der Waals surface area contributed by atoms with Crippen molar-refractivity contribution in [2.75, 3.05) is 20.8 Å². The van der Waals surface area contributed by atoms with E-state index in [0.717, 1.165) is 42.1 Å². The van der Waals surface area contributed by atoms with E-state index in [9.17, 15) is 0 Å². The van der Waals surface area contributed by atoms with Crippen molar-refractivity contribution >= 4 is 0 Å². The molecular weight excluding hydrogens is 278 g/mol. The molecule has 0 aliphatic carbocycles. The molecule has 2 aromatic carbocycles. The molecule has 0 spiro atoms. The fourth-order valence-electron chi connectivity index (χ4n) is 2.25. The lowest BCUT2D eigenvalue weighted by Gasteiger charge is -2.10. The number of aliphatic hydroxyl groups is 1. The highest BCUT2D eigenvalue weighted by molar-refractivity contribution is 5.38. The quantitative estimate of drug-likeness (QED) is 0.736. The van der Waals surface area contributed by atoms with Gasteiger partial charge in [-0.25, -0.2) is 0 Å². The third-order valence-corrected chi connectivity index (χ3v) is 3.54. The van der Waals surface area contributed by atoms with Crippen LogP contribution < -0.4 is 14.8 Å². The number of hydrogen-bond donors (Lipinski definition) is 2. The maximum atomic E-state index is 9.02. The predicted molar refractivity (Wildman–Crippen MR) is 87.3 cm³/mol. The summed E-state index contributed by atoms with van der Waals surface area (Å²) in [6.45, 7) is 1.75. The molecule has 0 saturated carbocycles. The maximum Gasteiger partial charge on any atom is 0.122 e. The van der Waals surface area contributed by atoms with E-state index >= 15 is 0 Å². The van der Waals surface area contributed by atoms with Gasteiger partial charge in [-0.15, -0.1) is 0 Å². The van der Waals surface area contributed by atoms with Crippen molar-refractivity contribution in [1.82, 2.24) is 5.32 Å². The molecule has 0 radical (unpaired) electrons. The highest BCUT2D eigenvalue weighted by Crippen LogP contribution is 2.22. The molecule has 0 bridgehead atoms. The van der Waals surface area contributed by atoms with Crippen molar-refractivity contribution in [2.24, 2.45) is 0 Å². The zero-order valence-electron chi connectivity index (χ0n) is 13.1. The van der Waals surface area contributed by atoms with Gasteiger partial charge in [0, 0.05) is 12.6 Å².